The van der Waals surface area contributed by atoms with Crippen LogP contribution in [0.5, 0.6) is 0 Å². The Morgan fingerprint density at radius 3 is 2.79 bits per heavy atom. The summed E-state index contributed by atoms with van der Waals surface area (Å²) in [5.41, 5.74) is 6.57. The molecule has 0 radical (unpaired) electrons. The molecule has 1 aromatic carbocycles. The van der Waals surface area contributed by atoms with E-state index in [1.165, 1.54) is 11.0 Å². The summed E-state index contributed by atoms with van der Waals surface area (Å²) in [6, 6.07) is 4.33. The Morgan fingerprint density at radius 1 is 1.57 bits per heavy atom. The van der Waals surface area contributed by atoms with Crippen LogP contribution in [0.15, 0.2) is 18.2 Å². The first kappa shape index (κ1) is 9.15. The number of carbonyl (C=O) groups excluding carboxylic acids is 1. The van der Waals surface area contributed by atoms with Gasteiger partial charge < -0.3 is 10.6 Å². The molecular formula is C10H11FN2O. The van der Waals surface area contributed by atoms with Gasteiger partial charge in [-0.1, -0.05) is 6.07 Å². The molecule has 1 atom stereocenters. The maximum absolute atomic E-state index is 13.4. The van der Waals surface area contributed by atoms with Gasteiger partial charge in [0.25, 0.3) is 0 Å². The maximum atomic E-state index is 13.4. The average molecular weight is 194 g/mol. The quantitative estimate of drug-likeness (QED) is 0.672. The lowest BCUT2D eigenvalue weighted by Crippen LogP contribution is -2.61. The molecule has 74 valence electrons. The molecule has 1 heterocycles. The zero-order valence-electron chi connectivity index (χ0n) is 7.83. The molecule has 1 aromatic rings. The van der Waals surface area contributed by atoms with Crippen LogP contribution in [-0.4, -0.2) is 18.5 Å². The number of benzene rings is 1. The number of hydrogen-bond acceptors (Lipinski definition) is 2. The lowest BCUT2D eigenvalue weighted by Gasteiger charge is -2.36. The van der Waals surface area contributed by atoms with Crippen LogP contribution in [0.25, 0.3) is 0 Å². The first-order valence-corrected chi connectivity index (χ1v) is 4.42. The van der Waals surface area contributed by atoms with Gasteiger partial charge in [-0.15, -0.1) is 0 Å². The zero-order chi connectivity index (χ0) is 10.3. The lowest BCUT2D eigenvalue weighted by molar-refractivity contribution is -0.123. The summed E-state index contributed by atoms with van der Waals surface area (Å²) >= 11 is 0. The molecule has 14 heavy (non-hydrogen) atoms. The maximum Gasteiger partial charge on any atom is 0.245 e. The monoisotopic (exact) mass is 194 g/mol. The summed E-state index contributed by atoms with van der Waals surface area (Å²) in [5, 5.41) is 0. The second-order valence-corrected chi connectivity index (χ2v) is 3.51. The van der Waals surface area contributed by atoms with Crippen molar-refractivity contribution in [2.45, 2.75) is 13.0 Å². The van der Waals surface area contributed by atoms with Crippen molar-refractivity contribution in [3.05, 3.63) is 29.6 Å². The fourth-order valence-electron chi connectivity index (χ4n) is 1.50. The number of halogens is 1. The summed E-state index contributed by atoms with van der Waals surface area (Å²) in [7, 11) is 0. The summed E-state index contributed by atoms with van der Waals surface area (Å²) in [6.45, 7) is 2.20. The first-order chi connectivity index (χ1) is 6.59. The van der Waals surface area contributed by atoms with Gasteiger partial charge >= 0.3 is 0 Å². The number of amides is 1. The minimum atomic E-state index is -0.462. The van der Waals surface area contributed by atoms with Gasteiger partial charge in [-0.2, -0.15) is 0 Å². The van der Waals surface area contributed by atoms with Gasteiger partial charge in [0.15, 0.2) is 0 Å². The fraction of sp³-hybridized carbons (Fsp3) is 0.300. The molecule has 1 amide bonds. The van der Waals surface area contributed by atoms with E-state index in [9.17, 15) is 9.18 Å². The van der Waals surface area contributed by atoms with Gasteiger partial charge in [-0.3, -0.25) is 4.79 Å². The average Bonchev–Trinajstić information content (AvgIpc) is 2.15. The number of aryl methyl sites for hydroxylation is 1. The van der Waals surface area contributed by atoms with Gasteiger partial charge in [0.05, 0.1) is 12.2 Å². The Balaban J connectivity index is 2.30. The number of nitrogens with two attached hydrogens (primary N) is 1. The Bertz CT molecular complexity index is 392. The number of rotatable bonds is 1. The van der Waals surface area contributed by atoms with Crippen LogP contribution < -0.4 is 10.6 Å². The Hall–Kier alpha value is -1.42. The van der Waals surface area contributed by atoms with Crippen LogP contribution in [0.1, 0.15) is 5.56 Å². The molecule has 3 nitrogen and oxygen atoms in total. The largest absolute Gasteiger partial charge is 0.318 e. The topological polar surface area (TPSA) is 46.3 Å². The highest BCUT2D eigenvalue weighted by Gasteiger charge is 2.35. The number of anilines is 1. The van der Waals surface area contributed by atoms with Gasteiger partial charge in [0, 0.05) is 0 Å². The zero-order valence-corrected chi connectivity index (χ0v) is 7.83. The SMILES string of the molecule is Cc1ccc(N2CC(N)C2=O)c(F)c1. The van der Waals surface area contributed by atoms with Crippen molar-refractivity contribution in [1.82, 2.24) is 0 Å². The Labute approximate surface area is 81.3 Å². The van der Waals surface area contributed by atoms with Crippen molar-refractivity contribution in [2.24, 2.45) is 5.73 Å². The highest BCUT2D eigenvalue weighted by Crippen LogP contribution is 2.25. The molecule has 1 saturated heterocycles. The van der Waals surface area contributed by atoms with E-state index in [0.717, 1.165) is 5.56 Å². The Kier molecular flexibility index (Phi) is 2.00. The predicted molar refractivity (Wildman–Crippen MR) is 51.5 cm³/mol. The molecule has 0 spiro atoms. The number of β-lactam (4-membered cyclic amide) rings is 1. The van der Waals surface area contributed by atoms with Gasteiger partial charge in [-0.25, -0.2) is 4.39 Å². The summed E-state index contributed by atoms with van der Waals surface area (Å²) in [4.78, 5) is 12.6. The van der Waals surface area contributed by atoms with E-state index in [4.69, 9.17) is 5.73 Å². The van der Waals surface area contributed by atoms with Crippen molar-refractivity contribution in [3.8, 4) is 0 Å². The van der Waals surface area contributed by atoms with Gasteiger partial charge in [-0.05, 0) is 24.6 Å². The predicted octanol–water partition coefficient (Wildman–Crippen LogP) is 0.808. The molecule has 2 N–H and O–H groups in total. The first-order valence-electron chi connectivity index (χ1n) is 4.42. The van der Waals surface area contributed by atoms with E-state index in [0.29, 0.717) is 12.2 Å². The molecule has 1 unspecified atom stereocenters. The molecule has 1 fully saturated rings. The van der Waals surface area contributed by atoms with Crippen molar-refractivity contribution >= 4 is 11.6 Å². The van der Waals surface area contributed by atoms with E-state index in [1.54, 1.807) is 19.1 Å². The van der Waals surface area contributed by atoms with E-state index >= 15 is 0 Å². The van der Waals surface area contributed by atoms with Gasteiger partial charge in [0.1, 0.15) is 11.9 Å². The van der Waals surface area contributed by atoms with Crippen molar-refractivity contribution in [2.75, 3.05) is 11.4 Å². The van der Waals surface area contributed by atoms with Crippen LogP contribution in [0.4, 0.5) is 10.1 Å². The van der Waals surface area contributed by atoms with E-state index in [2.05, 4.69) is 0 Å². The summed E-state index contributed by atoms with van der Waals surface area (Å²) in [5.74, 6) is -0.585. The highest BCUT2D eigenvalue weighted by atomic mass is 19.1. The van der Waals surface area contributed by atoms with Crippen LogP contribution >= 0.6 is 0 Å². The molecule has 1 aliphatic heterocycles. The van der Waals surface area contributed by atoms with Crippen LogP contribution in [0.2, 0.25) is 0 Å². The van der Waals surface area contributed by atoms with E-state index in [-0.39, 0.29) is 11.7 Å². The molecule has 0 bridgehead atoms. The fourth-order valence-corrected chi connectivity index (χ4v) is 1.50. The normalized spacial score (nSPS) is 20.9. The molecule has 1 aliphatic rings. The molecule has 0 saturated carbocycles. The third-order valence-corrected chi connectivity index (χ3v) is 2.36. The third kappa shape index (κ3) is 1.28. The molecule has 2 rings (SSSR count). The van der Waals surface area contributed by atoms with Crippen molar-refractivity contribution in [3.63, 3.8) is 0 Å². The molecule has 0 aliphatic carbocycles. The van der Waals surface area contributed by atoms with Crippen LogP contribution in [-0.2, 0) is 4.79 Å². The summed E-state index contributed by atoms with van der Waals surface area (Å²) < 4.78 is 13.4. The number of nitrogens with zero attached hydrogens (tertiary/aromatic N) is 1. The van der Waals surface area contributed by atoms with Crippen LogP contribution in [0.3, 0.4) is 0 Å². The summed E-state index contributed by atoms with van der Waals surface area (Å²) in [6.07, 6.45) is 0. The minimum absolute atomic E-state index is 0.215. The van der Waals surface area contributed by atoms with Gasteiger partial charge in [0.2, 0.25) is 5.91 Å². The lowest BCUT2D eigenvalue weighted by atomic mass is 10.1. The highest BCUT2D eigenvalue weighted by molar-refractivity contribution is 6.03. The molecule has 4 heteroatoms. The van der Waals surface area contributed by atoms with Crippen molar-refractivity contribution < 1.29 is 9.18 Å². The van der Waals surface area contributed by atoms with Crippen LogP contribution in [0, 0.1) is 12.7 Å². The second kappa shape index (κ2) is 3.06. The Morgan fingerprint density at radius 2 is 2.29 bits per heavy atom. The molecule has 0 aromatic heterocycles. The second-order valence-electron chi connectivity index (χ2n) is 3.51. The van der Waals surface area contributed by atoms with E-state index < -0.39 is 6.04 Å². The van der Waals surface area contributed by atoms with Crippen molar-refractivity contribution in [1.29, 1.82) is 0 Å². The third-order valence-electron chi connectivity index (χ3n) is 2.36. The molecular weight excluding hydrogens is 183 g/mol. The number of carbonyl (C=O) groups is 1. The smallest absolute Gasteiger partial charge is 0.245 e. The minimum Gasteiger partial charge on any atom is -0.318 e. The van der Waals surface area contributed by atoms with E-state index in [1.807, 2.05) is 0 Å². The number of hydrogen-bond donors (Lipinski definition) is 1. The standard InChI is InChI=1S/C10H11FN2O/c1-6-2-3-9(7(11)4-6)13-5-8(12)10(13)14/h2-4,8H,5,12H2,1H3.